The van der Waals surface area contributed by atoms with Gasteiger partial charge in [0.15, 0.2) is 0 Å². The number of nitro groups is 1. The second kappa shape index (κ2) is 14.6. The van der Waals surface area contributed by atoms with Crippen LogP contribution >= 0.6 is 31.9 Å². The second-order valence-corrected chi connectivity index (χ2v) is 13.1. The van der Waals surface area contributed by atoms with E-state index >= 15 is 0 Å². The Balaban J connectivity index is 0.000000175. The molecule has 0 unspecified atom stereocenters. The van der Waals surface area contributed by atoms with Crippen molar-refractivity contribution in [3.05, 3.63) is 125 Å². The lowest BCUT2D eigenvalue weighted by molar-refractivity contribution is -0.384. The Hall–Kier alpha value is -3.44. The molecule has 0 spiro atoms. The largest absolute Gasteiger partial charge is 0.397 e. The van der Waals surface area contributed by atoms with Gasteiger partial charge in [-0.15, -0.1) is 0 Å². The van der Waals surface area contributed by atoms with E-state index in [0.717, 1.165) is 84.2 Å². The van der Waals surface area contributed by atoms with Crippen LogP contribution in [0.5, 0.6) is 0 Å². The van der Waals surface area contributed by atoms with E-state index < -0.39 is 4.92 Å². The van der Waals surface area contributed by atoms with Crippen molar-refractivity contribution in [2.45, 2.75) is 38.8 Å². The van der Waals surface area contributed by atoms with Crippen molar-refractivity contribution in [1.29, 1.82) is 0 Å². The van der Waals surface area contributed by atoms with Crippen molar-refractivity contribution < 1.29 is 4.92 Å². The third-order valence-corrected chi connectivity index (χ3v) is 9.94. The van der Waals surface area contributed by atoms with Gasteiger partial charge in [0.25, 0.3) is 5.69 Å². The molecule has 230 valence electrons. The molecule has 0 radical (unpaired) electrons. The Bertz CT molecular complexity index is 1620. The summed E-state index contributed by atoms with van der Waals surface area (Å²) < 4.78 is 1.88. The monoisotopic (exact) mass is 720 g/mol. The van der Waals surface area contributed by atoms with Crippen LogP contribution in [0.2, 0.25) is 0 Å². The highest BCUT2D eigenvalue weighted by molar-refractivity contribution is 9.10. The normalized spacial score (nSPS) is 14.7. The number of halogens is 2. The lowest BCUT2D eigenvalue weighted by Crippen LogP contribution is -2.33. The van der Waals surface area contributed by atoms with E-state index in [4.69, 9.17) is 17.2 Å². The van der Waals surface area contributed by atoms with E-state index in [9.17, 15) is 10.1 Å². The summed E-state index contributed by atoms with van der Waals surface area (Å²) in [4.78, 5) is 15.5. The number of nitrogen functional groups attached to an aromatic ring is 3. The summed E-state index contributed by atoms with van der Waals surface area (Å²) >= 11 is 7.06. The molecule has 2 aliphatic rings. The number of nitrogens with two attached hydrogens (primary N) is 3. The molecule has 4 aromatic rings. The first-order valence-electron chi connectivity index (χ1n) is 14.8. The molecule has 6 N–H and O–H groups in total. The van der Waals surface area contributed by atoms with E-state index in [2.05, 4.69) is 84.1 Å². The molecule has 0 saturated heterocycles. The van der Waals surface area contributed by atoms with Gasteiger partial charge in [-0.1, -0.05) is 92.5 Å². The summed E-state index contributed by atoms with van der Waals surface area (Å²) in [5.41, 5.74) is 27.1. The van der Waals surface area contributed by atoms with Crippen LogP contribution in [0.3, 0.4) is 0 Å². The van der Waals surface area contributed by atoms with Crippen LogP contribution in [0.15, 0.2) is 81.7 Å². The minimum atomic E-state index is -0.413. The van der Waals surface area contributed by atoms with E-state index in [-0.39, 0.29) is 5.69 Å². The molecule has 4 aromatic carbocycles. The number of benzene rings is 4. The lowest BCUT2D eigenvalue weighted by atomic mass is 9.96. The Morgan fingerprint density at radius 1 is 0.682 bits per heavy atom. The molecular weight excluding hydrogens is 684 g/mol. The highest BCUT2D eigenvalue weighted by Crippen LogP contribution is 2.37. The Labute approximate surface area is 275 Å². The fourth-order valence-electron chi connectivity index (χ4n) is 5.97. The average molecular weight is 723 g/mol. The van der Waals surface area contributed by atoms with Crippen LogP contribution in [0.25, 0.3) is 0 Å². The van der Waals surface area contributed by atoms with Crippen molar-refractivity contribution in [3.63, 3.8) is 0 Å². The topological polar surface area (TPSA) is 128 Å². The van der Waals surface area contributed by atoms with Crippen molar-refractivity contribution in [2.24, 2.45) is 0 Å². The van der Waals surface area contributed by atoms with Gasteiger partial charge in [-0.25, -0.2) is 0 Å². The predicted octanol–water partition coefficient (Wildman–Crippen LogP) is 6.75. The third-order valence-electron chi connectivity index (χ3n) is 8.52. The van der Waals surface area contributed by atoms with Gasteiger partial charge in [-0.05, 0) is 59.6 Å². The first kappa shape index (κ1) is 32.0. The molecular formula is C34H38Br2N6O2. The number of nitro benzene ring substituents is 1. The molecule has 0 aliphatic carbocycles. The molecule has 6 rings (SSSR count). The Morgan fingerprint density at radius 3 is 1.61 bits per heavy atom. The van der Waals surface area contributed by atoms with Crippen LogP contribution in [0.4, 0.5) is 22.7 Å². The van der Waals surface area contributed by atoms with Crippen molar-refractivity contribution >= 4 is 54.6 Å². The van der Waals surface area contributed by atoms with Crippen LogP contribution in [0.1, 0.15) is 33.4 Å². The van der Waals surface area contributed by atoms with Gasteiger partial charge < -0.3 is 17.2 Å². The highest BCUT2D eigenvalue weighted by atomic mass is 79.9. The standard InChI is InChI=1S/C17H18BrN3O2.C17H20BrN3/c18-15-10-16(21(22)23)17(19)14-11-20(9-7-13(14)15)8-6-12-4-2-1-3-5-12;18-15-10-16(19)17(20)14-11-21(9-7-13(14)15)8-6-12-4-2-1-3-5-12/h1-5,10H,6-9,11,19H2;1-5,10H,6-9,11,19-20H2. The Kier molecular flexibility index (Phi) is 10.6. The van der Waals surface area contributed by atoms with Crippen LogP contribution in [-0.4, -0.2) is 40.9 Å². The van der Waals surface area contributed by atoms with Crippen LogP contribution in [0, 0.1) is 10.1 Å². The minimum absolute atomic E-state index is 0.0134. The molecule has 0 atom stereocenters. The zero-order valence-corrected chi connectivity index (χ0v) is 27.8. The minimum Gasteiger partial charge on any atom is -0.397 e. The van der Waals surface area contributed by atoms with E-state index in [1.807, 2.05) is 24.3 Å². The molecule has 0 bridgehead atoms. The van der Waals surface area contributed by atoms with Crippen LogP contribution < -0.4 is 17.2 Å². The molecule has 2 aliphatic heterocycles. The number of anilines is 3. The van der Waals surface area contributed by atoms with Crippen molar-refractivity contribution in [1.82, 2.24) is 9.80 Å². The Morgan fingerprint density at radius 2 is 1.14 bits per heavy atom. The summed E-state index contributed by atoms with van der Waals surface area (Å²) in [6.07, 6.45) is 3.91. The molecule has 8 nitrogen and oxygen atoms in total. The van der Waals surface area contributed by atoms with Crippen molar-refractivity contribution in [2.75, 3.05) is 43.4 Å². The molecule has 0 saturated carbocycles. The third kappa shape index (κ3) is 7.61. The molecule has 2 heterocycles. The maximum absolute atomic E-state index is 11.1. The first-order valence-corrected chi connectivity index (χ1v) is 16.4. The molecule has 0 aromatic heterocycles. The fourth-order valence-corrected chi connectivity index (χ4v) is 7.31. The predicted molar refractivity (Wildman–Crippen MR) is 186 cm³/mol. The second-order valence-electron chi connectivity index (χ2n) is 11.3. The maximum Gasteiger partial charge on any atom is 0.293 e. The number of rotatable bonds is 7. The first-order chi connectivity index (χ1) is 21.2. The molecule has 0 amide bonds. The summed E-state index contributed by atoms with van der Waals surface area (Å²) in [5, 5.41) is 11.1. The average Bonchev–Trinajstić information content (AvgIpc) is 3.04. The van der Waals surface area contributed by atoms with Gasteiger partial charge in [0.1, 0.15) is 5.69 Å². The SMILES string of the molecule is Nc1c([N+](=O)[O-])cc(Br)c2c1CN(CCc1ccccc1)CC2.Nc1cc(Br)c2c(c1N)CN(CCc1ccccc1)CC2. The number of nitrogens with zero attached hydrogens (tertiary/aromatic N) is 3. The maximum atomic E-state index is 11.1. The van der Waals surface area contributed by atoms with Gasteiger partial charge in [-0.2, -0.15) is 0 Å². The van der Waals surface area contributed by atoms with Crippen molar-refractivity contribution in [3.8, 4) is 0 Å². The summed E-state index contributed by atoms with van der Waals surface area (Å²) in [7, 11) is 0. The van der Waals surface area contributed by atoms with Gasteiger partial charge in [0.2, 0.25) is 0 Å². The van der Waals surface area contributed by atoms with E-state index in [1.165, 1.54) is 28.3 Å². The van der Waals surface area contributed by atoms with Gasteiger partial charge >= 0.3 is 0 Å². The lowest BCUT2D eigenvalue weighted by Gasteiger charge is -2.30. The zero-order valence-electron chi connectivity index (χ0n) is 24.6. The summed E-state index contributed by atoms with van der Waals surface area (Å²) in [6, 6.07) is 24.4. The summed E-state index contributed by atoms with van der Waals surface area (Å²) in [6.45, 7) is 5.53. The smallest absolute Gasteiger partial charge is 0.293 e. The summed E-state index contributed by atoms with van der Waals surface area (Å²) in [5.74, 6) is 0. The number of hydrogen-bond acceptors (Lipinski definition) is 7. The van der Waals surface area contributed by atoms with E-state index in [0.29, 0.717) is 17.9 Å². The fraction of sp³-hybridized carbons (Fsp3) is 0.294. The van der Waals surface area contributed by atoms with E-state index in [1.54, 1.807) is 0 Å². The zero-order chi connectivity index (χ0) is 31.2. The highest BCUT2D eigenvalue weighted by Gasteiger charge is 2.26. The molecule has 0 fully saturated rings. The molecule has 44 heavy (non-hydrogen) atoms. The quantitative estimate of drug-likeness (QED) is 0.109. The van der Waals surface area contributed by atoms with Gasteiger partial charge in [-0.3, -0.25) is 19.9 Å². The number of fused-ring (bicyclic) bond motifs is 2. The van der Waals surface area contributed by atoms with Crippen LogP contribution in [-0.2, 0) is 38.8 Å². The molecule has 10 heteroatoms. The number of hydrogen-bond donors (Lipinski definition) is 3. The van der Waals surface area contributed by atoms with Gasteiger partial charge in [0, 0.05) is 59.8 Å². The van der Waals surface area contributed by atoms with Gasteiger partial charge in [0.05, 0.1) is 16.3 Å².